The first-order valence-corrected chi connectivity index (χ1v) is 11.9. The summed E-state index contributed by atoms with van der Waals surface area (Å²) in [5, 5.41) is 0. The molecule has 2 heterocycles. The maximum atomic E-state index is 13.3. The smallest absolute Gasteiger partial charge is 0.416 e. The van der Waals surface area contributed by atoms with Crippen LogP contribution in [0.25, 0.3) is 0 Å². The van der Waals surface area contributed by atoms with Crippen molar-refractivity contribution >= 4 is 24.8 Å². The molecular formula is C28H30ClF3N2O4. The summed E-state index contributed by atoms with van der Waals surface area (Å²) in [6, 6.07) is 13.0. The highest BCUT2D eigenvalue weighted by Gasteiger charge is 2.39. The molecule has 2 aromatic rings. The zero-order chi connectivity index (χ0) is 26.7. The zero-order valence-electron chi connectivity index (χ0n) is 21.4. The number of likely N-dealkylation sites (N-methyl/N-ethyl adjacent to an activating group) is 1. The van der Waals surface area contributed by atoms with Gasteiger partial charge in [-0.25, -0.2) is 4.79 Å². The number of carbonyl (C=O) groups excluding carboxylic acids is 2. The molecule has 0 aliphatic carbocycles. The van der Waals surface area contributed by atoms with Gasteiger partial charge in [0.05, 0.1) is 18.2 Å². The fraction of sp³-hybridized carbons (Fsp3) is 0.357. The normalized spacial score (nSPS) is 18.1. The Balaban J connectivity index is 0.00000400. The Labute approximate surface area is 226 Å². The number of allylic oxidation sites excluding steroid dienone is 1. The number of hydrogen-bond acceptors (Lipinski definition) is 6. The minimum absolute atomic E-state index is 0. The third-order valence-electron chi connectivity index (χ3n) is 7.19. The largest absolute Gasteiger partial charge is 0.466 e. The predicted molar refractivity (Wildman–Crippen MR) is 138 cm³/mol. The van der Waals surface area contributed by atoms with Crippen molar-refractivity contribution in [1.82, 2.24) is 9.80 Å². The highest BCUT2D eigenvalue weighted by molar-refractivity contribution is 5.92. The third-order valence-corrected chi connectivity index (χ3v) is 7.19. The number of esters is 1. The van der Waals surface area contributed by atoms with Crippen LogP contribution >= 0.6 is 12.4 Å². The summed E-state index contributed by atoms with van der Waals surface area (Å²) in [6.07, 6.45) is -3.62. The maximum Gasteiger partial charge on any atom is 0.416 e. The monoisotopic (exact) mass is 550 g/mol. The Morgan fingerprint density at radius 3 is 2.37 bits per heavy atom. The molecule has 2 aromatic carbocycles. The molecule has 10 heteroatoms. The van der Waals surface area contributed by atoms with Gasteiger partial charge >= 0.3 is 12.1 Å². The molecule has 1 atom stereocenters. The molecule has 0 bridgehead atoms. The van der Waals surface area contributed by atoms with Crippen LogP contribution in [0.2, 0.25) is 0 Å². The van der Waals surface area contributed by atoms with Gasteiger partial charge in [-0.1, -0.05) is 36.4 Å². The first kappa shape index (κ1) is 29.3. The van der Waals surface area contributed by atoms with Crippen molar-refractivity contribution in [3.63, 3.8) is 0 Å². The van der Waals surface area contributed by atoms with E-state index in [1.165, 1.54) is 30.4 Å². The minimum atomic E-state index is -4.49. The molecule has 204 valence electrons. The van der Waals surface area contributed by atoms with Gasteiger partial charge in [-0.15, -0.1) is 12.4 Å². The molecule has 0 spiro atoms. The second-order valence-corrected chi connectivity index (χ2v) is 9.21. The number of nitrogens with zero attached hydrogens (tertiary/aromatic N) is 2. The van der Waals surface area contributed by atoms with Gasteiger partial charge in [0, 0.05) is 44.0 Å². The first-order valence-electron chi connectivity index (χ1n) is 11.9. The van der Waals surface area contributed by atoms with Crippen LogP contribution < -0.4 is 0 Å². The average Bonchev–Trinajstić information content (AvgIpc) is 2.89. The second kappa shape index (κ2) is 12.0. The van der Waals surface area contributed by atoms with Crippen molar-refractivity contribution in [3.8, 4) is 0 Å². The van der Waals surface area contributed by atoms with Crippen molar-refractivity contribution in [2.45, 2.75) is 32.0 Å². The van der Waals surface area contributed by atoms with Crippen molar-refractivity contribution in [2.24, 2.45) is 0 Å². The van der Waals surface area contributed by atoms with Crippen LogP contribution in [0, 0.1) is 0 Å². The molecule has 0 N–H and O–H groups in total. The summed E-state index contributed by atoms with van der Waals surface area (Å²) < 4.78 is 50.0. The fourth-order valence-electron chi connectivity index (χ4n) is 5.13. The molecule has 0 aromatic heterocycles. The van der Waals surface area contributed by atoms with Crippen LogP contribution in [0.1, 0.15) is 35.1 Å². The van der Waals surface area contributed by atoms with E-state index < -0.39 is 23.6 Å². The summed E-state index contributed by atoms with van der Waals surface area (Å²) >= 11 is 0. The number of alkyl halides is 3. The van der Waals surface area contributed by atoms with E-state index in [-0.39, 0.29) is 19.0 Å². The van der Waals surface area contributed by atoms with Crippen LogP contribution in [0.5, 0.6) is 0 Å². The van der Waals surface area contributed by atoms with Crippen LogP contribution in [-0.2, 0) is 38.2 Å². The summed E-state index contributed by atoms with van der Waals surface area (Å²) in [4.78, 5) is 28.4. The number of halogens is 4. The summed E-state index contributed by atoms with van der Waals surface area (Å²) in [7, 11) is 3.11. The lowest BCUT2D eigenvalue weighted by molar-refractivity contribution is -0.138. The van der Waals surface area contributed by atoms with E-state index in [0.29, 0.717) is 42.0 Å². The van der Waals surface area contributed by atoms with E-state index in [0.717, 1.165) is 30.8 Å². The Hall–Kier alpha value is -3.30. The van der Waals surface area contributed by atoms with Crippen LogP contribution in [0.4, 0.5) is 13.2 Å². The van der Waals surface area contributed by atoms with Crippen LogP contribution in [0.3, 0.4) is 0 Å². The van der Waals surface area contributed by atoms with Gasteiger partial charge in [0.2, 0.25) is 0 Å². The van der Waals surface area contributed by atoms with Gasteiger partial charge in [0.25, 0.3) is 6.47 Å². The molecule has 0 fully saturated rings. The van der Waals surface area contributed by atoms with Crippen LogP contribution in [0.15, 0.2) is 71.1 Å². The van der Waals surface area contributed by atoms with E-state index in [1.807, 2.05) is 31.0 Å². The molecule has 4 rings (SSSR count). The number of hydrogen-bond donors (Lipinski definition) is 0. The number of rotatable bonds is 7. The average molecular weight is 551 g/mol. The van der Waals surface area contributed by atoms with E-state index in [2.05, 4.69) is 17.0 Å². The lowest BCUT2D eigenvalue weighted by Gasteiger charge is -2.40. The number of carbonyl (C=O) groups is 2. The molecule has 0 radical (unpaired) electrons. The Kier molecular flexibility index (Phi) is 9.27. The van der Waals surface area contributed by atoms with Gasteiger partial charge in [0.1, 0.15) is 6.61 Å². The summed E-state index contributed by atoms with van der Waals surface area (Å²) in [6.45, 7) is 3.97. The van der Waals surface area contributed by atoms with Crippen molar-refractivity contribution < 1.29 is 32.2 Å². The minimum Gasteiger partial charge on any atom is -0.466 e. The van der Waals surface area contributed by atoms with Gasteiger partial charge in [-0.05, 0) is 47.7 Å². The SMILES string of the molecule is COC(=O)C1=C(CN2CCc3ccccc3C2)N(C)C(C)=C(COC=O)C1c1ccc(C(F)(F)F)cc1.Cl. The molecule has 0 saturated heterocycles. The van der Waals surface area contributed by atoms with Gasteiger partial charge < -0.3 is 14.4 Å². The number of fused-ring (bicyclic) bond motifs is 1. The van der Waals surface area contributed by atoms with Crippen molar-refractivity contribution in [1.29, 1.82) is 0 Å². The van der Waals surface area contributed by atoms with Crippen LogP contribution in [-0.4, -0.2) is 56.1 Å². The molecule has 0 saturated carbocycles. The van der Waals surface area contributed by atoms with E-state index >= 15 is 0 Å². The third kappa shape index (κ3) is 5.89. The van der Waals surface area contributed by atoms with E-state index in [1.54, 1.807) is 0 Å². The summed E-state index contributed by atoms with van der Waals surface area (Å²) in [5.74, 6) is -1.32. The topological polar surface area (TPSA) is 59.1 Å². The standard InChI is InChI=1S/C28H29F3N2O4.ClH/c1-18-23(16-37-17-34)25(20-8-10-22(11-9-20)28(29,30)31)26(27(35)36-3)24(32(18)2)15-33-13-12-19-6-4-5-7-21(19)14-33;/h4-11,17,25H,12-16H2,1-3H3;1H. The number of benzene rings is 2. The molecule has 6 nitrogen and oxygen atoms in total. The lowest BCUT2D eigenvalue weighted by atomic mass is 9.79. The molecule has 2 aliphatic rings. The predicted octanol–water partition coefficient (Wildman–Crippen LogP) is 5.09. The van der Waals surface area contributed by atoms with Crippen molar-refractivity contribution in [3.05, 3.63) is 93.3 Å². The van der Waals surface area contributed by atoms with Crippen molar-refractivity contribution in [2.75, 3.05) is 33.9 Å². The van der Waals surface area contributed by atoms with E-state index in [9.17, 15) is 22.8 Å². The number of ether oxygens (including phenoxy) is 2. The summed E-state index contributed by atoms with van der Waals surface area (Å²) in [5.41, 5.74) is 4.58. The van der Waals surface area contributed by atoms with E-state index in [4.69, 9.17) is 9.47 Å². The van der Waals surface area contributed by atoms with Gasteiger partial charge in [-0.3, -0.25) is 9.69 Å². The maximum absolute atomic E-state index is 13.3. The first-order chi connectivity index (χ1) is 17.7. The quantitative estimate of drug-likeness (QED) is 0.354. The molecule has 0 amide bonds. The zero-order valence-corrected chi connectivity index (χ0v) is 22.2. The lowest BCUT2D eigenvalue weighted by Crippen LogP contribution is -2.40. The molecule has 1 unspecified atom stereocenters. The molecular weight excluding hydrogens is 521 g/mol. The number of methoxy groups -OCH3 is 1. The Morgan fingerprint density at radius 1 is 1.11 bits per heavy atom. The highest BCUT2D eigenvalue weighted by atomic mass is 35.5. The second-order valence-electron chi connectivity index (χ2n) is 9.21. The Bertz CT molecular complexity index is 1240. The fourth-order valence-corrected chi connectivity index (χ4v) is 5.13. The van der Waals surface area contributed by atoms with Gasteiger partial charge in [-0.2, -0.15) is 13.2 Å². The highest BCUT2D eigenvalue weighted by Crippen LogP contribution is 2.43. The molecule has 2 aliphatic heterocycles. The Morgan fingerprint density at radius 2 is 1.76 bits per heavy atom. The van der Waals surface area contributed by atoms with Gasteiger partial charge in [0.15, 0.2) is 0 Å². The molecule has 38 heavy (non-hydrogen) atoms.